The van der Waals surface area contributed by atoms with Crippen LogP contribution in [0.1, 0.15) is 52.5 Å². The van der Waals surface area contributed by atoms with Gasteiger partial charge in [-0.1, -0.05) is 30.3 Å². The maximum absolute atomic E-state index is 12.9. The second kappa shape index (κ2) is 16.9. The van der Waals surface area contributed by atoms with E-state index >= 15 is 0 Å². The normalized spacial score (nSPS) is 13.2. The predicted molar refractivity (Wildman–Crippen MR) is 140 cm³/mol. The Hall–Kier alpha value is -3.87. The summed E-state index contributed by atoms with van der Waals surface area (Å²) in [4.78, 5) is 61.1. The lowest BCUT2D eigenvalue weighted by Crippen LogP contribution is -2.57. The number of aliphatic hydroxyl groups excluding tert-OH is 1. The molecule has 0 saturated heterocycles. The van der Waals surface area contributed by atoms with Crippen LogP contribution in [0.2, 0.25) is 0 Å². The lowest BCUT2D eigenvalue weighted by molar-refractivity contribution is -0.145. The number of ether oxygens (including phenoxy) is 3. The molecule has 1 aromatic carbocycles. The number of amides is 4. The molecule has 0 aliphatic heterocycles. The van der Waals surface area contributed by atoms with Gasteiger partial charge in [0.1, 0.15) is 30.3 Å². The molecule has 1 rings (SSSR count). The summed E-state index contributed by atoms with van der Waals surface area (Å²) in [6.45, 7) is 6.03. The van der Waals surface area contributed by atoms with E-state index in [1.54, 1.807) is 20.8 Å². The molecule has 218 valence electrons. The molecule has 13 heteroatoms. The third-order valence-corrected chi connectivity index (χ3v) is 5.14. The van der Waals surface area contributed by atoms with Gasteiger partial charge in [0.25, 0.3) is 0 Å². The fourth-order valence-corrected chi connectivity index (χ4v) is 3.17. The Labute approximate surface area is 228 Å². The number of aliphatic hydroxyl groups is 1. The van der Waals surface area contributed by atoms with Gasteiger partial charge in [0.05, 0.1) is 13.7 Å². The summed E-state index contributed by atoms with van der Waals surface area (Å²) in [5.41, 5.74) is 0.0384. The smallest absolute Gasteiger partial charge is 0.408 e. The van der Waals surface area contributed by atoms with E-state index < -0.39 is 60.3 Å². The Balaban J connectivity index is 2.65. The predicted octanol–water partition coefficient (Wildman–Crippen LogP) is 1.13. The molecule has 39 heavy (non-hydrogen) atoms. The van der Waals surface area contributed by atoms with Crippen LogP contribution in [0, 0.1) is 0 Å². The summed E-state index contributed by atoms with van der Waals surface area (Å²) in [5.74, 6) is -2.25. The first-order valence-electron chi connectivity index (χ1n) is 12.6. The second-order valence-electron chi connectivity index (χ2n) is 9.68. The largest absolute Gasteiger partial charge is 0.467 e. The summed E-state index contributed by atoms with van der Waals surface area (Å²) in [6, 6.07) is 5.72. The van der Waals surface area contributed by atoms with Crippen LogP contribution in [0.4, 0.5) is 9.59 Å². The second-order valence-corrected chi connectivity index (χ2v) is 9.68. The number of hydrogen-bond donors (Lipinski definition) is 5. The molecule has 5 N–H and O–H groups in total. The molecule has 0 bridgehead atoms. The number of esters is 1. The van der Waals surface area contributed by atoms with Crippen molar-refractivity contribution in [1.82, 2.24) is 21.3 Å². The highest BCUT2D eigenvalue weighted by Gasteiger charge is 2.29. The molecule has 0 saturated carbocycles. The van der Waals surface area contributed by atoms with Crippen molar-refractivity contribution in [2.75, 3.05) is 20.3 Å². The molecule has 0 heterocycles. The summed E-state index contributed by atoms with van der Waals surface area (Å²) in [6.07, 6.45) is -0.416. The molecule has 4 amide bonds. The van der Waals surface area contributed by atoms with Crippen LogP contribution >= 0.6 is 0 Å². The zero-order chi connectivity index (χ0) is 29.4. The van der Waals surface area contributed by atoms with Gasteiger partial charge in [0, 0.05) is 6.54 Å². The fourth-order valence-electron chi connectivity index (χ4n) is 3.17. The standard InChI is InChI=1S/C26H40N4O9/c1-17(23(34)37-5)28-22(33)20(15-31)29-21(32)19(30-25(36)39-26(2,3)4)13-9-10-14-27-24(35)38-16-18-11-7-6-8-12-18/h6-8,11-12,17,19-20,31H,9-10,13-16H2,1-5H3,(H,27,35)(H,28,33)(H,29,32)(H,30,36)/t17-,19-,20-/m0/s1. The number of carbonyl (C=O) groups is 5. The van der Waals surface area contributed by atoms with E-state index in [0.717, 1.165) is 12.7 Å². The van der Waals surface area contributed by atoms with Crippen molar-refractivity contribution in [3.8, 4) is 0 Å². The lowest BCUT2D eigenvalue weighted by atomic mass is 10.1. The third-order valence-electron chi connectivity index (χ3n) is 5.14. The van der Waals surface area contributed by atoms with Crippen molar-refractivity contribution < 1.29 is 43.3 Å². The highest BCUT2D eigenvalue weighted by atomic mass is 16.6. The molecule has 0 spiro atoms. The Kier molecular flexibility index (Phi) is 14.3. The van der Waals surface area contributed by atoms with Crippen molar-refractivity contribution >= 4 is 30.0 Å². The van der Waals surface area contributed by atoms with E-state index in [9.17, 15) is 29.1 Å². The summed E-state index contributed by atoms with van der Waals surface area (Å²) >= 11 is 0. The van der Waals surface area contributed by atoms with Gasteiger partial charge in [-0.2, -0.15) is 0 Å². The van der Waals surface area contributed by atoms with Crippen molar-refractivity contribution in [3.63, 3.8) is 0 Å². The Morgan fingerprint density at radius 3 is 2.13 bits per heavy atom. The van der Waals surface area contributed by atoms with Gasteiger partial charge in [-0.3, -0.25) is 9.59 Å². The minimum absolute atomic E-state index is 0.132. The van der Waals surface area contributed by atoms with E-state index in [-0.39, 0.29) is 19.6 Å². The number of rotatable bonds is 14. The van der Waals surface area contributed by atoms with Crippen molar-refractivity contribution in [2.24, 2.45) is 0 Å². The monoisotopic (exact) mass is 552 g/mol. The van der Waals surface area contributed by atoms with Crippen molar-refractivity contribution in [3.05, 3.63) is 35.9 Å². The molecule has 0 aliphatic rings. The molecule has 0 aliphatic carbocycles. The maximum atomic E-state index is 12.9. The van der Waals surface area contributed by atoms with Gasteiger partial charge in [0.2, 0.25) is 11.8 Å². The molecule has 0 radical (unpaired) electrons. The quantitative estimate of drug-likeness (QED) is 0.128. The number of hydrogen-bond acceptors (Lipinski definition) is 9. The van der Waals surface area contributed by atoms with Gasteiger partial charge < -0.3 is 40.6 Å². The van der Waals surface area contributed by atoms with Crippen LogP contribution in [0.15, 0.2) is 30.3 Å². The average Bonchev–Trinajstić information content (AvgIpc) is 2.88. The van der Waals surface area contributed by atoms with Crippen LogP contribution in [0.3, 0.4) is 0 Å². The Morgan fingerprint density at radius 1 is 0.897 bits per heavy atom. The summed E-state index contributed by atoms with van der Waals surface area (Å²) < 4.78 is 14.9. The molecular weight excluding hydrogens is 512 g/mol. The molecule has 1 aromatic rings. The summed E-state index contributed by atoms with van der Waals surface area (Å²) in [5, 5.41) is 19.4. The van der Waals surface area contributed by atoms with Gasteiger partial charge in [-0.05, 0) is 52.5 Å². The van der Waals surface area contributed by atoms with E-state index in [1.807, 2.05) is 30.3 Å². The Morgan fingerprint density at radius 2 is 1.54 bits per heavy atom. The number of alkyl carbamates (subject to hydrolysis) is 2. The first kappa shape index (κ1) is 33.2. The van der Waals surface area contributed by atoms with E-state index in [4.69, 9.17) is 9.47 Å². The number of benzene rings is 1. The minimum Gasteiger partial charge on any atom is -0.467 e. The summed E-state index contributed by atoms with van der Waals surface area (Å²) in [7, 11) is 1.16. The third kappa shape index (κ3) is 14.0. The first-order chi connectivity index (χ1) is 18.4. The van der Waals surface area contributed by atoms with E-state index in [0.29, 0.717) is 12.8 Å². The SMILES string of the molecule is COC(=O)[C@H](C)NC(=O)[C@H](CO)NC(=O)[C@H](CCCCNC(=O)OCc1ccccc1)NC(=O)OC(C)(C)C. The molecular formula is C26H40N4O9. The van der Waals surface area contributed by atoms with Crippen LogP contribution in [0.5, 0.6) is 0 Å². The molecule has 0 unspecified atom stereocenters. The number of nitrogens with one attached hydrogen (secondary N) is 4. The van der Waals surface area contributed by atoms with Crippen LogP contribution in [0.25, 0.3) is 0 Å². The molecule has 3 atom stereocenters. The van der Waals surface area contributed by atoms with E-state index in [1.165, 1.54) is 6.92 Å². The maximum Gasteiger partial charge on any atom is 0.408 e. The first-order valence-corrected chi connectivity index (χ1v) is 12.6. The zero-order valence-electron chi connectivity index (χ0n) is 23.1. The molecule has 0 aromatic heterocycles. The number of carbonyl (C=O) groups excluding carboxylic acids is 5. The highest BCUT2D eigenvalue weighted by molar-refractivity contribution is 5.93. The van der Waals surface area contributed by atoms with Gasteiger partial charge in [-0.15, -0.1) is 0 Å². The van der Waals surface area contributed by atoms with Crippen LogP contribution in [-0.4, -0.2) is 79.1 Å². The highest BCUT2D eigenvalue weighted by Crippen LogP contribution is 2.09. The van der Waals surface area contributed by atoms with Gasteiger partial charge in [-0.25, -0.2) is 14.4 Å². The molecule has 0 fully saturated rings. The average molecular weight is 553 g/mol. The number of unbranched alkanes of at least 4 members (excludes halogenated alkanes) is 1. The molecule has 13 nitrogen and oxygen atoms in total. The van der Waals surface area contributed by atoms with Crippen LogP contribution in [-0.2, 0) is 35.2 Å². The van der Waals surface area contributed by atoms with Crippen LogP contribution < -0.4 is 21.3 Å². The Bertz CT molecular complexity index is 950. The fraction of sp³-hybridized carbons (Fsp3) is 0.577. The zero-order valence-corrected chi connectivity index (χ0v) is 23.1. The van der Waals surface area contributed by atoms with E-state index in [2.05, 4.69) is 26.0 Å². The van der Waals surface area contributed by atoms with Gasteiger partial charge >= 0.3 is 18.2 Å². The minimum atomic E-state index is -1.38. The lowest BCUT2D eigenvalue weighted by Gasteiger charge is -2.25. The van der Waals surface area contributed by atoms with Gasteiger partial charge in [0.15, 0.2) is 0 Å². The van der Waals surface area contributed by atoms with Crippen molar-refractivity contribution in [1.29, 1.82) is 0 Å². The topological polar surface area (TPSA) is 181 Å². The van der Waals surface area contributed by atoms with Crippen molar-refractivity contribution in [2.45, 2.75) is 77.3 Å². The number of methoxy groups -OCH3 is 1.